The van der Waals surface area contributed by atoms with Crippen molar-refractivity contribution in [1.82, 2.24) is 0 Å². The molecule has 0 fully saturated rings. The van der Waals surface area contributed by atoms with Crippen LogP contribution in [0.3, 0.4) is 0 Å². The molecule has 0 aromatic heterocycles. The summed E-state index contributed by atoms with van der Waals surface area (Å²) < 4.78 is 37.9. The van der Waals surface area contributed by atoms with E-state index in [0.717, 1.165) is 18.2 Å². The topological polar surface area (TPSA) is 37.3 Å². The van der Waals surface area contributed by atoms with Gasteiger partial charge in [-0.05, 0) is 41.7 Å². The number of halogens is 3. The molecule has 0 aliphatic heterocycles. The second-order valence-electron chi connectivity index (χ2n) is 4.68. The van der Waals surface area contributed by atoms with Crippen LogP contribution >= 0.6 is 0 Å². The molecule has 0 radical (unpaired) electrons. The zero-order chi connectivity index (χ0) is 14.6. The highest BCUT2D eigenvalue weighted by Gasteiger charge is 2.30. The van der Waals surface area contributed by atoms with Gasteiger partial charge in [0.05, 0.1) is 5.56 Å². The van der Waals surface area contributed by atoms with Crippen molar-refractivity contribution in [2.24, 2.45) is 5.92 Å². The van der Waals surface area contributed by atoms with Gasteiger partial charge in [0.15, 0.2) is 0 Å². The van der Waals surface area contributed by atoms with Gasteiger partial charge >= 0.3 is 12.1 Å². The Morgan fingerprint density at radius 3 is 2.47 bits per heavy atom. The van der Waals surface area contributed by atoms with Crippen LogP contribution in [0.5, 0.6) is 0 Å². The fraction of sp³-hybridized carbons (Fsp3) is 0.357. The van der Waals surface area contributed by atoms with Gasteiger partial charge in [-0.2, -0.15) is 13.2 Å². The number of hydrogen-bond donors (Lipinski definition) is 1. The van der Waals surface area contributed by atoms with Crippen LogP contribution in [0.4, 0.5) is 13.2 Å². The summed E-state index contributed by atoms with van der Waals surface area (Å²) in [6, 6.07) is 3.35. The monoisotopic (exact) mass is 272 g/mol. The number of benzene rings is 1. The number of rotatable bonds is 4. The highest BCUT2D eigenvalue weighted by molar-refractivity contribution is 5.85. The summed E-state index contributed by atoms with van der Waals surface area (Å²) in [5.41, 5.74) is 0.294. The average molecular weight is 272 g/mol. The van der Waals surface area contributed by atoms with Crippen molar-refractivity contribution in [2.45, 2.75) is 26.4 Å². The summed E-state index contributed by atoms with van der Waals surface area (Å²) in [6.07, 6.45) is -1.68. The first-order valence-electron chi connectivity index (χ1n) is 5.81. The minimum absolute atomic E-state index is 0.181. The van der Waals surface area contributed by atoms with Crippen molar-refractivity contribution in [1.29, 1.82) is 0 Å². The van der Waals surface area contributed by atoms with Crippen LogP contribution in [-0.4, -0.2) is 11.1 Å². The van der Waals surface area contributed by atoms with Gasteiger partial charge in [-0.3, -0.25) is 0 Å². The summed E-state index contributed by atoms with van der Waals surface area (Å²) >= 11 is 0. The van der Waals surface area contributed by atoms with Crippen LogP contribution in [0.15, 0.2) is 24.3 Å². The number of carbonyl (C=O) groups is 1. The van der Waals surface area contributed by atoms with Crippen LogP contribution in [0.1, 0.15) is 30.5 Å². The Bertz CT molecular complexity index is 488. The zero-order valence-corrected chi connectivity index (χ0v) is 10.7. The molecule has 0 atom stereocenters. The standard InChI is InChI=1S/C14H15F3O2/c1-9(2)7-11-8-12(14(15,16)17)5-3-10(11)4-6-13(18)19/h3-6,8-9H,7H2,1-2H3,(H,18,19)/b6-4+. The molecule has 1 N–H and O–H groups in total. The zero-order valence-electron chi connectivity index (χ0n) is 10.7. The molecule has 0 saturated carbocycles. The number of aliphatic carboxylic acids is 1. The summed E-state index contributed by atoms with van der Waals surface area (Å²) in [7, 11) is 0. The number of carboxylic acid groups (broad SMARTS) is 1. The Morgan fingerprint density at radius 2 is 2.00 bits per heavy atom. The molecule has 0 aliphatic carbocycles. The number of carboxylic acids is 1. The van der Waals surface area contributed by atoms with Gasteiger partial charge in [-0.25, -0.2) is 4.79 Å². The van der Waals surface area contributed by atoms with E-state index in [-0.39, 0.29) is 5.92 Å². The minimum Gasteiger partial charge on any atom is -0.478 e. The molecule has 104 valence electrons. The van der Waals surface area contributed by atoms with Crippen molar-refractivity contribution in [3.05, 3.63) is 41.0 Å². The van der Waals surface area contributed by atoms with E-state index in [1.54, 1.807) is 0 Å². The summed E-state index contributed by atoms with van der Waals surface area (Å²) in [6.45, 7) is 3.79. The molecule has 0 heterocycles. The highest BCUT2D eigenvalue weighted by Crippen LogP contribution is 2.31. The number of hydrogen-bond acceptors (Lipinski definition) is 1. The molecule has 2 nitrogen and oxygen atoms in total. The van der Waals surface area contributed by atoms with Gasteiger partial charge in [-0.1, -0.05) is 19.9 Å². The maximum atomic E-state index is 12.6. The van der Waals surface area contributed by atoms with Crippen LogP contribution < -0.4 is 0 Å². The Balaban J connectivity index is 3.20. The van der Waals surface area contributed by atoms with Crippen molar-refractivity contribution < 1.29 is 23.1 Å². The highest BCUT2D eigenvalue weighted by atomic mass is 19.4. The molecular formula is C14H15F3O2. The van der Waals surface area contributed by atoms with E-state index in [1.807, 2.05) is 13.8 Å². The molecule has 0 unspecified atom stereocenters. The van der Waals surface area contributed by atoms with Crippen LogP contribution in [0.25, 0.3) is 6.08 Å². The maximum absolute atomic E-state index is 12.6. The summed E-state index contributed by atoms with van der Waals surface area (Å²) in [4.78, 5) is 10.5. The maximum Gasteiger partial charge on any atom is 0.416 e. The predicted octanol–water partition coefficient (Wildman–Crippen LogP) is 4.00. The van der Waals surface area contributed by atoms with E-state index >= 15 is 0 Å². The molecule has 5 heteroatoms. The van der Waals surface area contributed by atoms with Gasteiger partial charge < -0.3 is 5.11 Å². The predicted molar refractivity (Wildman–Crippen MR) is 66.7 cm³/mol. The third kappa shape index (κ3) is 4.77. The van der Waals surface area contributed by atoms with Gasteiger partial charge in [0.25, 0.3) is 0 Å². The molecule has 0 spiro atoms. The van der Waals surface area contributed by atoms with Gasteiger partial charge in [0, 0.05) is 6.08 Å². The van der Waals surface area contributed by atoms with E-state index in [1.165, 1.54) is 12.1 Å². The van der Waals surface area contributed by atoms with Crippen molar-refractivity contribution >= 4 is 12.0 Å². The van der Waals surface area contributed by atoms with Crippen molar-refractivity contribution in [2.75, 3.05) is 0 Å². The Morgan fingerprint density at radius 1 is 1.37 bits per heavy atom. The van der Waals surface area contributed by atoms with Crippen molar-refractivity contribution in [3.63, 3.8) is 0 Å². The second kappa shape index (κ2) is 5.91. The summed E-state index contributed by atoms with van der Waals surface area (Å²) in [5, 5.41) is 8.56. The lowest BCUT2D eigenvalue weighted by Crippen LogP contribution is -2.07. The van der Waals surface area contributed by atoms with E-state index < -0.39 is 17.7 Å². The molecule has 0 saturated heterocycles. The van der Waals surface area contributed by atoms with Gasteiger partial charge in [0.2, 0.25) is 0 Å². The second-order valence-corrected chi connectivity index (χ2v) is 4.68. The van der Waals surface area contributed by atoms with E-state index in [4.69, 9.17) is 5.11 Å². The molecule has 0 amide bonds. The molecule has 1 aromatic carbocycles. The lowest BCUT2D eigenvalue weighted by Gasteiger charge is -2.13. The molecular weight excluding hydrogens is 257 g/mol. The van der Waals surface area contributed by atoms with Crippen LogP contribution in [0, 0.1) is 5.92 Å². The lowest BCUT2D eigenvalue weighted by molar-refractivity contribution is -0.137. The van der Waals surface area contributed by atoms with Crippen molar-refractivity contribution in [3.8, 4) is 0 Å². The average Bonchev–Trinajstić information content (AvgIpc) is 2.25. The smallest absolute Gasteiger partial charge is 0.416 e. The minimum atomic E-state index is -4.39. The largest absolute Gasteiger partial charge is 0.478 e. The third-order valence-corrected chi connectivity index (χ3v) is 2.50. The molecule has 1 aromatic rings. The van der Waals surface area contributed by atoms with Gasteiger partial charge in [0.1, 0.15) is 0 Å². The Kier molecular flexibility index (Phi) is 4.75. The Hall–Kier alpha value is -1.78. The molecule has 19 heavy (non-hydrogen) atoms. The first kappa shape index (κ1) is 15.3. The van der Waals surface area contributed by atoms with Crippen LogP contribution in [-0.2, 0) is 17.4 Å². The first-order valence-corrected chi connectivity index (χ1v) is 5.81. The third-order valence-electron chi connectivity index (χ3n) is 2.50. The molecule has 1 rings (SSSR count). The number of alkyl halides is 3. The molecule has 0 bridgehead atoms. The van der Waals surface area contributed by atoms with E-state index in [9.17, 15) is 18.0 Å². The fourth-order valence-electron chi connectivity index (χ4n) is 1.72. The normalized spacial score (nSPS) is 12.3. The van der Waals surface area contributed by atoms with Crippen LogP contribution in [0.2, 0.25) is 0 Å². The Labute approximate surface area is 109 Å². The SMILES string of the molecule is CC(C)Cc1cc(C(F)(F)F)ccc1/C=C/C(=O)O. The van der Waals surface area contributed by atoms with E-state index in [0.29, 0.717) is 17.5 Å². The fourth-order valence-corrected chi connectivity index (χ4v) is 1.72. The summed E-state index contributed by atoms with van der Waals surface area (Å²) in [5.74, 6) is -0.948. The van der Waals surface area contributed by atoms with Gasteiger partial charge in [-0.15, -0.1) is 0 Å². The lowest BCUT2D eigenvalue weighted by atomic mass is 9.95. The quantitative estimate of drug-likeness (QED) is 0.841. The molecule has 0 aliphatic rings. The first-order chi connectivity index (χ1) is 8.70. The van der Waals surface area contributed by atoms with E-state index in [2.05, 4.69) is 0 Å².